The Labute approximate surface area is 828 Å². The molecule has 0 heterocycles. The number of fused-ring (bicyclic) bond motifs is 18. The van der Waals surface area contributed by atoms with Crippen LogP contribution >= 0.6 is 0 Å². The monoisotopic (exact) mass is 1800 g/mol. The average molecular weight is 1800 g/mol. The molecule has 142 heavy (non-hydrogen) atoms. The summed E-state index contributed by atoms with van der Waals surface area (Å²) in [7, 11) is 0. The predicted octanol–water partition coefficient (Wildman–Crippen LogP) is 35.7. The fourth-order valence-electron chi connectivity index (χ4n) is 25.2. The zero-order valence-electron chi connectivity index (χ0n) is 78.2. The first kappa shape index (κ1) is 83.3. The summed E-state index contributed by atoms with van der Waals surface area (Å²) in [4.78, 5) is 4.98. The maximum absolute atomic E-state index is 2.49. The molecule has 2 nitrogen and oxygen atoms in total. The van der Waals surface area contributed by atoms with Crippen molar-refractivity contribution >= 4 is 77.2 Å². The molecule has 4 aliphatic carbocycles. The van der Waals surface area contributed by atoms with Gasteiger partial charge in [0.05, 0.1) is 21.7 Å². The minimum absolute atomic E-state index is 0.545. The topological polar surface area (TPSA) is 6.48 Å². The molecule has 0 saturated heterocycles. The summed E-state index contributed by atoms with van der Waals surface area (Å²) in [5.74, 6) is 0. The number of hydrogen-bond acceptors (Lipinski definition) is 2. The molecule has 0 spiro atoms. The zero-order chi connectivity index (χ0) is 93.9. The lowest BCUT2D eigenvalue weighted by molar-refractivity contribution is 0.767. The van der Waals surface area contributed by atoms with Gasteiger partial charge in [0.15, 0.2) is 0 Å². The molecule has 24 aromatic carbocycles. The summed E-state index contributed by atoms with van der Waals surface area (Å²) in [6.07, 6.45) is 0. The Morgan fingerprint density at radius 1 is 0.113 bits per heavy atom. The Balaban J connectivity index is 0.000000142. The smallest absolute Gasteiger partial charge is 0.0714 e. The highest BCUT2D eigenvalue weighted by Gasteiger charge is 2.52. The van der Waals surface area contributed by atoms with Gasteiger partial charge in [-0.25, -0.2) is 0 Å². The molecule has 24 aromatic rings. The lowest BCUT2D eigenvalue weighted by Gasteiger charge is -2.36. The first-order valence-corrected chi connectivity index (χ1v) is 49.5. The predicted molar refractivity (Wildman–Crippen MR) is 592 cm³/mol. The van der Waals surface area contributed by atoms with Crippen LogP contribution in [0.5, 0.6) is 0 Å². The SMILES string of the molecule is c1ccc(C2(c3ccccc3)c3ccccc3-c3ccc(N(c4ccc(-c5ccc6c(ccc7ccccc76)c5)cc4)c4ccc5c(c4)C(c4ccccc4)(c4ccccc4)c4ccccc4-5)cc32)cc1.c1ccc(C2(c3ccccc3)c3ccccc3-c3ccc(N(c4ccc(-c5ccc6ccc7ccccc7c6c5)cc4)c4ccc5c(c4)C(c4ccccc4)(c4ccccc4)c4ccccc4-5)cc32)cc1. The van der Waals surface area contributed by atoms with E-state index in [0.717, 1.165) is 34.1 Å². The van der Waals surface area contributed by atoms with Crippen LogP contribution < -0.4 is 9.80 Å². The molecular formula is C140H94N2. The van der Waals surface area contributed by atoms with Crippen molar-refractivity contribution in [3.8, 4) is 66.8 Å². The van der Waals surface area contributed by atoms with E-state index in [9.17, 15) is 0 Å². The molecule has 0 aromatic heterocycles. The van der Waals surface area contributed by atoms with Crippen molar-refractivity contribution in [2.45, 2.75) is 21.7 Å². The molecule has 0 amide bonds. The van der Waals surface area contributed by atoms with Gasteiger partial charge in [-0.05, 0) is 284 Å². The largest absolute Gasteiger partial charge is 0.310 e. The number of nitrogens with zero attached hydrogens (tertiary/aromatic N) is 2. The third-order valence-corrected chi connectivity index (χ3v) is 31.2. The van der Waals surface area contributed by atoms with Crippen molar-refractivity contribution in [2.75, 3.05) is 9.80 Å². The second-order valence-corrected chi connectivity index (χ2v) is 38.2. The summed E-state index contributed by atoms with van der Waals surface area (Å²) in [6.45, 7) is 0. The lowest BCUT2D eigenvalue weighted by Crippen LogP contribution is -2.29. The molecule has 0 atom stereocenters. The first-order valence-electron chi connectivity index (χ1n) is 49.5. The van der Waals surface area contributed by atoms with E-state index in [-0.39, 0.29) is 0 Å². The van der Waals surface area contributed by atoms with Crippen molar-refractivity contribution in [3.63, 3.8) is 0 Å². The van der Waals surface area contributed by atoms with Crippen LogP contribution in [0, 0.1) is 0 Å². The highest BCUT2D eigenvalue weighted by atomic mass is 15.1. The van der Waals surface area contributed by atoms with Gasteiger partial charge in [-0.2, -0.15) is 0 Å². The van der Waals surface area contributed by atoms with Gasteiger partial charge >= 0.3 is 0 Å². The molecule has 0 N–H and O–H groups in total. The summed E-state index contributed by atoms with van der Waals surface area (Å²) in [6, 6.07) is 212. The van der Waals surface area contributed by atoms with Crippen LogP contribution in [-0.4, -0.2) is 0 Å². The van der Waals surface area contributed by atoms with Gasteiger partial charge < -0.3 is 9.80 Å². The van der Waals surface area contributed by atoms with Crippen molar-refractivity contribution in [3.05, 3.63) is 659 Å². The number of hydrogen-bond donors (Lipinski definition) is 0. The molecule has 0 saturated carbocycles. The number of rotatable bonds is 16. The molecular weight excluding hydrogens is 1710 g/mol. The van der Waals surface area contributed by atoms with Crippen LogP contribution in [-0.2, 0) is 21.7 Å². The average Bonchev–Trinajstić information content (AvgIpc) is 1.54. The van der Waals surface area contributed by atoms with Gasteiger partial charge in [0, 0.05) is 34.1 Å². The van der Waals surface area contributed by atoms with Crippen LogP contribution in [0.1, 0.15) is 89.0 Å². The zero-order valence-corrected chi connectivity index (χ0v) is 78.2. The number of benzene rings is 24. The normalized spacial score (nSPS) is 13.6. The van der Waals surface area contributed by atoms with Crippen LogP contribution in [0.3, 0.4) is 0 Å². The van der Waals surface area contributed by atoms with E-state index in [0.29, 0.717) is 0 Å². The number of anilines is 6. The highest BCUT2D eigenvalue weighted by Crippen LogP contribution is 2.64. The highest BCUT2D eigenvalue weighted by molar-refractivity contribution is 6.10. The van der Waals surface area contributed by atoms with Crippen molar-refractivity contribution in [2.24, 2.45) is 0 Å². The Morgan fingerprint density at radius 3 is 0.620 bits per heavy atom. The van der Waals surface area contributed by atoms with Gasteiger partial charge in [0.2, 0.25) is 0 Å². The van der Waals surface area contributed by atoms with E-state index in [1.165, 1.54) is 199 Å². The Kier molecular flexibility index (Phi) is 19.9. The van der Waals surface area contributed by atoms with Crippen molar-refractivity contribution in [1.29, 1.82) is 0 Å². The fourth-order valence-corrected chi connectivity index (χ4v) is 25.2. The summed E-state index contributed by atoms with van der Waals surface area (Å²) >= 11 is 0. The molecule has 28 rings (SSSR count). The van der Waals surface area contributed by atoms with E-state index >= 15 is 0 Å². The third-order valence-electron chi connectivity index (χ3n) is 31.2. The Morgan fingerprint density at radius 2 is 0.317 bits per heavy atom. The molecule has 0 unspecified atom stereocenters. The van der Waals surface area contributed by atoms with E-state index in [2.05, 4.69) is 580 Å². The molecule has 0 aliphatic heterocycles. The van der Waals surface area contributed by atoms with Gasteiger partial charge in [-0.15, -0.1) is 0 Å². The van der Waals surface area contributed by atoms with E-state index in [1.807, 2.05) is 0 Å². The summed E-state index contributed by atoms with van der Waals surface area (Å²) in [5.41, 5.74) is 39.5. The van der Waals surface area contributed by atoms with Gasteiger partial charge in [-0.1, -0.05) is 485 Å². The van der Waals surface area contributed by atoms with Gasteiger partial charge in [-0.3, -0.25) is 0 Å². The van der Waals surface area contributed by atoms with Gasteiger partial charge in [0.25, 0.3) is 0 Å². The molecule has 4 aliphatic rings. The summed E-state index contributed by atoms with van der Waals surface area (Å²) < 4.78 is 0. The fraction of sp³-hybridized carbons (Fsp3) is 0.0286. The molecule has 664 valence electrons. The van der Waals surface area contributed by atoms with Crippen LogP contribution in [0.25, 0.3) is 110 Å². The van der Waals surface area contributed by atoms with E-state index < -0.39 is 21.7 Å². The van der Waals surface area contributed by atoms with Gasteiger partial charge in [0.1, 0.15) is 0 Å². The van der Waals surface area contributed by atoms with Crippen LogP contribution in [0.2, 0.25) is 0 Å². The molecule has 0 bridgehead atoms. The standard InChI is InChI=1S/2C70H47N/c1-5-20-52(21-6-1)69(53-22-7-2-8-23-53)65-31-17-15-29-61(65)63-43-40-57(46-67(63)69)71(56-38-35-48(36-39-56)50-37-42-60-51(45-50)34-33-49-19-13-14-28-59(49)60)58-41-44-64-62-30-16-18-32-66(62)70(68(64)47-58,54-24-9-3-10-25-54)55-26-11-4-12-27-55;1-5-20-52(21-6-1)69(53-22-7-2-8-23-53)65-31-17-15-29-60(65)62-43-41-57(46-67(62)69)71(56-39-37-48(38-40-56)51-36-35-50-34-33-49-19-13-14-28-59(49)64(50)45-51)58-42-44-63-61-30-16-18-32-66(61)70(68(63)47-58,54-24-9-3-10-25-54)55-26-11-4-12-27-55/h2*1-47H. The maximum Gasteiger partial charge on any atom is 0.0714 e. The lowest BCUT2D eigenvalue weighted by atomic mass is 9.67. The second-order valence-electron chi connectivity index (χ2n) is 38.2. The summed E-state index contributed by atoms with van der Waals surface area (Å²) in [5, 5.41) is 10.1. The molecule has 0 radical (unpaired) electrons. The van der Waals surface area contributed by atoms with Crippen LogP contribution in [0.4, 0.5) is 34.1 Å². The Bertz CT molecular complexity index is 8470. The third kappa shape index (κ3) is 12.9. The van der Waals surface area contributed by atoms with E-state index in [1.54, 1.807) is 0 Å². The first-order chi connectivity index (χ1) is 70.4. The van der Waals surface area contributed by atoms with Crippen molar-refractivity contribution < 1.29 is 0 Å². The molecule has 0 fully saturated rings. The second kappa shape index (κ2) is 34.0. The van der Waals surface area contributed by atoms with Crippen molar-refractivity contribution in [1.82, 2.24) is 0 Å². The van der Waals surface area contributed by atoms with E-state index in [4.69, 9.17) is 0 Å². The Hall–Kier alpha value is -18.1. The van der Waals surface area contributed by atoms with Crippen LogP contribution in [0.15, 0.2) is 570 Å². The minimum Gasteiger partial charge on any atom is -0.310 e. The maximum atomic E-state index is 2.49. The quantitative estimate of drug-likeness (QED) is 0.0890. The minimum atomic E-state index is -0.546. The molecule has 2 heteroatoms.